The first-order valence-corrected chi connectivity index (χ1v) is 6.76. The van der Waals surface area contributed by atoms with Gasteiger partial charge in [-0.25, -0.2) is 4.79 Å². The minimum Gasteiger partial charge on any atom is -0.352 e. The number of carbonyl (C=O) groups is 3. The molecule has 6 nitrogen and oxygen atoms in total. The molecule has 1 aliphatic heterocycles. The van der Waals surface area contributed by atoms with Crippen molar-refractivity contribution in [2.75, 3.05) is 6.54 Å². The van der Waals surface area contributed by atoms with E-state index in [9.17, 15) is 14.4 Å². The molecule has 1 saturated heterocycles. The first-order chi connectivity index (χ1) is 8.85. The van der Waals surface area contributed by atoms with E-state index < -0.39 is 12.1 Å². The van der Waals surface area contributed by atoms with Gasteiger partial charge >= 0.3 is 6.03 Å². The molecule has 19 heavy (non-hydrogen) atoms. The lowest BCUT2D eigenvalue weighted by molar-refractivity contribution is -0.132. The minimum absolute atomic E-state index is 0.0414. The SMILES string of the molecule is CC[C@@H](C)NC(=O)CN1C(=O)N[C@H](CC(C)C)C1=O. The fraction of sp³-hybridized carbons (Fsp3) is 0.769. The van der Waals surface area contributed by atoms with Gasteiger partial charge in [-0.3, -0.25) is 14.5 Å². The van der Waals surface area contributed by atoms with Crippen LogP contribution in [-0.4, -0.2) is 41.4 Å². The maximum Gasteiger partial charge on any atom is 0.325 e. The van der Waals surface area contributed by atoms with Crippen molar-refractivity contribution in [3.63, 3.8) is 0 Å². The molecule has 0 unspecified atom stereocenters. The minimum atomic E-state index is -0.496. The van der Waals surface area contributed by atoms with Crippen molar-refractivity contribution in [3.05, 3.63) is 0 Å². The first-order valence-electron chi connectivity index (χ1n) is 6.76. The summed E-state index contributed by atoms with van der Waals surface area (Å²) in [4.78, 5) is 36.4. The van der Waals surface area contributed by atoms with E-state index >= 15 is 0 Å². The highest BCUT2D eigenvalue weighted by atomic mass is 16.2. The van der Waals surface area contributed by atoms with Crippen LogP contribution in [0.4, 0.5) is 4.79 Å². The Kier molecular flexibility index (Phi) is 5.32. The third kappa shape index (κ3) is 4.22. The van der Waals surface area contributed by atoms with E-state index in [0.717, 1.165) is 11.3 Å². The van der Waals surface area contributed by atoms with Crippen molar-refractivity contribution >= 4 is 17.8 Å². The molecule has 1 aliphatic rings. The quantitative estimate of drug-likeness (QED) is 0.702. The lowest BCUT2D eigenvalue weighted by Crippen LogP contribution is -2.43. The molecule has 0 aromatic heterocycles. The number of carbonyl (C=O) groups excluding carboxylic acids is 3. The maximum atomic E-state index is 12.0. The van der Waals surface area contributed by atoms with Crippen LogP contribution in [0.15, 0.2) is 0 Å². The summed E-state index contributed by atoms with van der Waals surface area (Å²) in [5.41, 5.74) is 0. The average molecular weight is 269 g/mol. The molecule has 2 N–H and O–H groups in total. The Bertz CT molecular complexity index is 368. The second-order valence-corrected chi connectivity index (χ2v) is 5.43. The van der Waals surface area contributed by atoms with Crippen LogP contribution in [0.3, 0.4) is 0 Å². The van der Waals surface area contributed by atoms with Gasteiger partial charge in [0.25, 0.3) is 5.91 Å². The molecule has 0 saturated carbocycles. The molecule has 1 heterocycles. The highest BCUT2D eigenvalue weighted by molar-refractivity contribution is 6.06. The van der Waals surface area contributed by atoms with E-state index in [2.05, 4.69) is 10.6 Å². The van der Waals surface area contributed by atoms with Gasteiger partial charge in [0.1, 0.15) is 12.6 Å². The van der Waals surface area contributed by atoms with Crippen molar-refractivity contribution in [2.24, 2.45) is 5.92 Å². The van der Waals surface area contributed by atoms with Gasteiger partial charge in [-0.15, -0.1) is 0 Å². The van der Waals surface area contributed by atoms with Crippen LogP contribution in [-0.2, 0) is 9.59 Å². The molecule has 0 bridgehead atoms. The fourth-order valence-corrected chi connectivity index (χ4v) is 1.92. The van der Waals surface area contributed by atoms with Crippen LogP contribution in [0, 0.1) is 5.92 Å². The van der Waals surface area contributed by atoms with Gasteiger partial charge in [0.15, 0.2) is 0 Å². The topological polar surface area (TPSA) is 78.5 Å². The average Bonchev–Trinajstić information content (AvgIpc) is 2.56. The van der Waals surface area contributed by atoms with Crippen LogP contribution in [0.1, 0.15) is 40.5 Å². The second-order valence-electron chi connectivity index (χ2n) is 5.43. The summed E-state index contributed by atoms with van der Waals surface area (Å²) in [7, 11) is 0. The Morgan fingerprint density at radius 3 is 2.53 bits per heavy atom. The van der Waals surface area contributed by atoms with Crippen LogP contribution in [0.5, 0.6) is 0 Å². The molecule has 0 aromatic carbocycles. The summed E-state index contributed by atoms with van der Waals surface area (Å²) in [6.45, 7) is 7.60. The molecule has 6 heteroatoms. The molecule has 108 valence electrons. The molecular formula is C13H23N3O3. The van der Waals surface area contributed by atoms with Crippen molar-refractivity contribution in [1.82, 2.24) is 15.5 Å². The predicted octanol–water partition coefficient (Wildman–Crippen LogP) is 0.868. The van der Waals surface area contributed by atoms with E-state index in [1.165, 1.54) is 0 Å². The first kappa shape index (κ1) is 15.5. The molecule has 0 aromatic rings. The molecule has 1 fully saturated rings. The Morgan fingerprint density at radius 2 is 2.00 bits per heavy atom. The number of nitrogens with one attached hydrogen (secondary N) is 2. The number of urea groups is 1. The highest BCUT2D eigenvalue weighted by Crippen LogP contribution is 2.13. The number of rotatable bonds is 6. The monoisotopic (exact) mass is 269 g/mol. The summed E-state index contributed by atoms with van der Waals surface area (Å²) < 4.78 is 0. The summed E-state index contributed by atoms with van der Waals surface area (Å²) in [5.74, 6) is -0.302. The fourth-order valence-electron chi connectivity index (χ4n) is 1.92. The largest absolute Gasteiger partial charge is 0.352 e. The number of amides is 4. The van der Waals surface area contributed by atoms with Crippen LogP contribution in [0.2, 0.25) is 0 Å². The molecular weight excluding hydrogens is 246 g/mol. The molecule has 0 radical (unpaired) electrons. The summed E-state index contributed by atoms with van der Waals surface area (Å²) in [6, 6.07) is -0.932. The third-order valence-corrected chi connectivity index (χ3v) is 3.14. The Balaban J connectivity index is 2.56. The van der Waals surface area contributed by atoms with Gasteiger partial charge in [-0.1, -0.05) is 20.8 Å². The van der Waals surface area contributed by atoms with Gasteiger partial charge < -0.3 is 10.6 Å². The Morgan fingerprint density at radius 1 is 1.37 bits per heavy atom. The summed E-state index contributed by atoms with van der Waals surface area (Å²) in [5, 5.41) is 5.36. The lowest BCUT2D eigenvalue weighted by Gasteiger charge is -2.16. The van der Waals surface area contributed by atoms with Crippen molar-refractivity contribution in [3.8, 4) is 0 Å². The molecule has 4 amide bonds. The molecule has 0 aliphatic carbocycles. The van der Waals surface area contributed by atoms with E-state index in [1.54, 1.807) is 0 Å². The smallest absolute Gasteiger partial charge is 0.325 e. The van der Waals surface area contributed by atoms with Gasteiger partial charge in [0.05, 0.1) is 0 Å². The number of hydrogen-bond donors (Lipinski definition) is 2. The number of nitrogens with zero attached hydrogens (tertiary/aromatic N) is 1. The Hall–Kier alpha value is -1.59. The molecule has 1 rings (SSSR count). The van der Waals surface area contributed by atoms with Gasteiger partial charge in [-0.2, -0.15) is 0 Å². The van der Waals surface area contributed by atoms with Gasteiger partial charge in [0.2, 0.25) is 5.91 Å². The zero-order valence-electron chi connectivity index (χ0n) is 12.0. The zero-order chi connectivity index (χ0) is 14.6. The van der Waals surface area contributed by atoms with E-state index in [4.69, 9.17) is 0 Å². The van der Waals surface area contributed by atoms with Gasteiger partial charge in [0, 0.05) is 6.04 Å². The van der Waals surface area contributed by atoms with E-state index in [0.29, 0.717) is 12.3 Å². The highest BCUT2D eigenvalue weighted by Gasteiger charge is 2.38. The van der Waals surface area contributed by atoms with Crippen molar-refractivity contribution in [1.29, 1.82) is 0 Å². The van der Waals surface area contributed by atoms with E-state index in [1.807, 2.05) is 27.7 Å². The number of imide groups is 1. The molecule has 0 spiro atoms. The Labute approximate surface area is 113 Å². The van der Waals surface area contributed by atoms with Crippen LogP contribution >= 0.6 is 0 Å². The number of hydrogen-bond acceptors (Lipinski definition) is 3. The predicted molar refractivity (Wildman–Crippen MR) is 71.4 cm³/mol. The van der Waals surface area contributed by atoms with Crippen LogP contribution in [0.25, 0.3) is 0 Å². The maximum absolute atomic E-state index is 12.0. The summed E-state index contributed by atoms with van der Waals surface area (Å²) in [6.07, 6.45) is 1.40. The third-order valence-electron chi connectivity index (χ3n) is 3.14. The van der Waals surface area contributed by atoms with Crippen molar-refractivity contribution in [2.45, 2.75) is 52.6 Å². The van der Waals surface area contributed by atoms with E-state index in [-0.39, 0.29) is 24.4 Å². The van der Waals surface area contributed by atoms with Crippen molar-refractivity contribution < 1.29 is 14.4 Å². The summed E-state index contributed by atoms with van der Waals surface area (Å²) >= 11 is 0. The molecule has 2 atom stereocenters. The standard InChI is InChI=1S/C13H23N3O3/c1-5-9(4)14-11(17)7-16-12(18)10(6-8(2)3)15-13(16)19/h8-10H,5-7H2,1-4H3,(H,14,17)(H,15,19)/t9-,10-/m1/s1. The second kappa shape index (κ2) is 6.54. The van der Waals surface area contributed by atoms with Gasteiger partial charge in [-0.05, 0) is 25.7 Å². The zero-order valence-corrected chi connectivity index (χ0v) is 12.0. The lowest BCUT2D eigenvalue weighted by atomic mass is 10.0. The normalized spacial score (nSPS) is 20.7. The van der Waals surface area contributed by atoms with Crippen LogP contribution < -0.4 is 10.6 Å².